The van der Waals surface area contributed by atoms with Gasteiger partial charge in [0, 0.05) is 19.3 Å². The molecule has 3 heteroatoms. The molecular weight excluding hydrogens is 258 g/mol. The van der Waals surface area contributed by atoms with E-state index in [1.54, 1.807) is 0 Å². The maximum Gasteiger partial charge on any atom is 0.109 e. The summed E-state index contributed by atoms with van der Waals surface area (Å²) in [5, 5.41) is 12.8. The lowest BCUT2D eigenvalue weighted by Gasteiger charge is -2.30. The average molecular weight is 285 g/mol. The Balaban J connectivity index is 2.01. The second-order valence-electron chi connectivity index (χ2n) is 6.48. The Morgan fingerprint density at radius 1 is 1.33 bits per heavy atom. The number of hydrogen-bond donors (Lipinski definition) is 1. The van der Waals surface area contributed by atoms with E-state index in [2.05, 4.69) is 55.4 Å². The minimum Gasteiger partial charge on any atom is -0.375 e. The van der Waals surface area contributed by atoms with Gasteiger partial charge in [0.15, 0.2) is 0 Å². The molecular formula is C18H27N3. The number of hydrogen-bond acceptors (Lipinski definition) is 3. The molecule has 21 heavy (non-hydrogen) atoms. The van der Waals surface area contributed by atoms with Crippen molar-refractivity contribution >= 4 is 5.69 Å². The molecule has 114 valence electrons. The van der Waals surface area contributed by atoms with E-state index in [-0.39, 0.29) is 5.54 Å². The van der Waals surface area contributed by atoms with Gasteiger partial charge in [-0.25, -0.2) is 0 Å². The largest absolute Gasteiger partial charge is 0.375 e. The third kappa shape index (κ3) is 3.39. The molecule has 2 atom stereocenters. The number of nitriles is 1. The van der Waals surface area contributed by atoms with E-state index < -0.39 is 0 Å². The summed E-state index contributed by atoms with van der Waals surface area (Å²) in [7, 11) is 4.08. The number of anilines is 1. The third-order valence-corrected chi connectivity index (χ3v) is 4.93. The van der Waals surface area contributed by atoms with E-state index in [9.17, 15) is 5.26 Å². The number of aryl methyl sites for hydroxylation is 2. The minimum atomic E-state index is -0.302. The van der Waals surface area contributed by atoms with Crippen LogP contribution in [-0.4, -0.2) is 26.2 Å². The standard InChI is InChI=1S/C18H27N3/c1-14-10-15(2)12-17(11-14)21(4)9-7-16-6-5-8-18(16,13-19)20-3/h10-12,16,20H,5-9H2,1-4H3. The van der Waals surface area contributed by atoms with Crippen molar-refractivity contribution in [3.05, 3.63) is 29.3 Å². The zero-order valence-electron chi connectivity index (χ0n) is 13.7. The van der Waals surface area contributed by atoms with Crippen molar-refractivity contribution in [1.29, 1.82) is 5.26 Å². The first-order valence-corrected chi connectivity index (χ1v) is 7.90. The van der Waals surface area contributed by atoms with Crippen LogP contribution < -0.4 is 10.2 Å². The van der Waals surface area contributed by atoms with Crippen molar-refractivity contribution in [3.63, 3.8) is 0 Å². The van der Waals surface area contributed by atoms with Gasteiger partial charge in [0.05, 0.1) is 6.07 Å². The van der Waals surface area contributed by atoms with E-state index >= 15 is 0 Å². The van der Waals surface area contributed by atoms with Crippen LogP contribution in [0.5, 0.6) is 0 Å². The molecule has 2 rings (SSSR count). The van der Waals surface area contributed by atoms with Crippen LogP contribution in [0.3, 0.4) is 0 Å². The van der Waals surface area contributed by atoms with Crippen LogP contribution in [0.4, 0.5) is 5.69 Å². The maximum atomic E-state index is 9.52. The van der Waals surface area contributed by atoms with Crippen molar-refractivity contribution in [2.75, 3.05) is 25.5 Å². The van der Waals surface area contributed by atoms with E-state index in [4.69, 9.17) is 0 Å². The van der Waals surface area contributed by atoms with Crippen LogP contribution in [0.25, 0.3) is 0 Å². The Labute approximate surface area is 129 Å². The van der Waals surface area contributed by atoms with Crippen molar-refractivity contribution in [1.82, 2.24) is 5.32 Å². The molecule has 0 amide bonds. The van der Waals surface area contributed by atoms with Crippen LogP contribution >= 0.6 is 0 Å². The molecule has 0 aromatic heterocycles. The predicted octanol–water partition coefficient (Wildman–Crippen LogP) is 3.41. The first-order chi connectivity index (χ1) is 10.0. The average Bonchev–Trinajstić information content (AvgIpc) is 2.87. The molecule has 1 aromatic carbocycles. The molecule has 0 saturated heterocycles. The van der Waals surface area contributed by atoms with Crippen molar-refractivity contribution < 1.29 is 0 Å². The fourth-order valence-corrected chi connectivity index (χ4v) is 3.65. The van der Waals surface area contributed by atoms with Crippen LogP contribution in [-0.2, 0) is 0 Å². The number of benzene rings is 1. The first kappa shape index (κ1) is 15.9. The predicted molar refractivity (Wildman–Crippen MR) is 88.5 cm³/mol. The van der Waals surface area contributed by atoms with Gasteiger partial charge in [-0.2, -0.15) is 5.26 Å². The van der Waals surface area contributed by atoms with Crippen LogP contribution in [0.1, 0.15) is 36.8 Å². The lowest BCUT2D eigenvalue weighted by molar-refractivity contribution is 0.323. The second kappa shape index (κ2) is 6.49. The molecule has 0 bridgehead atoms. The monoisotopic (exact) mass is 285 g/mol. The summed E-state index contributed by atoms with van der Waals surface area (Å²) < 4.78 is 0. The highest BCUT2D eigenvalue weighted by molar-refractivity contribution is 5.50. The molecule has 0 heterocycles. The topological polar surface area (TPSA) is 39.1 Å². The lowest BCUT2D eigenvalue weighted by atomic mass is 9.86. The van der Waals surface area contributed by atoms with Gasteiger partial charge in [0.2, 0.25) is 0 Å². The Hall–Kier alpha value is -1.53. The zero-order valence-corrected chi connectivity index (χ0v) is 13.7. The maximum absolute atomic E-state index is 9.52. The fraction of sp³-hybridized carbons (Fsp3) is 0.611. The van der Waals surface area contributed by atoms with Crippen molar-refractivity contribution in [2.45, 2.75) is 45.1 Å². The quantitative estimate of drug-likeness (QED) is 0.901. The highest BCUT2D eigenvalue weighted by Crippen LogP contribution is 2.37. The zero-order chi connectivity index (χ0) is 15.5. The number of nitrogens with zero attached hydrogens (tertiary/aromatic N) is 2. The Morgan fingerprint density at radius 2 is 2.00 bits per heavy atom. The summed E-state index contributed by atoms with van der Waals surface area (Å²) in [5.41, 5.74) is 3.58. The van der Waals surface area contributed by atoms with Crippen LogP contribution in [0, 0.1) is 31.1 Å². The SMILES string of the molecule is CNC1(C#N)CCCC1CCN(C)c1cc(C)cc(C)c1. The summed E-state index contributed by atoms with van der Waals surface area (Å²) in [6.07, 6.45) is 4.37. The Kier molecular flexibility index (Phi) is 4.90. The third-order valence-electron chi connectivity index (χ3n) is 4.93. The molecule has 0 aliphatic heterocycles. The summed E-state index contributed by atoms with van der Waals surface area (Å²) in [6.45, 7) is 5.28. The van der Waals surface area contributed by atoms with E-state index in [1.807, 2.05) is 7.05 Å². The molecule has 2 unspecified atom stereocenters. The molecule has 1 aliphatic rings. The van der Waals surface area contributed by atoms with Crippen LogP contribution in [0.15, 0.2) is 18.2 Å². The smallest absolute Gasteiger partial charge is 0.109 e. The molecule has 1 saturated carbocycles. The number of nitrogens with one attached hydrogen (secondary N) is 1. The molecule has 0 spiro atoms. The molecule has 3 nitrogen and oxygen atoms in total. The molecule has 1 aromatic rings. The molecule has 1 N–H and O–H groups in total. The lowest BCUT2D eigenvalue weighted by Crippen LogP contribution is -2.45. The second-order valence-corrected chi connectivity index (χ2v) is 6.48. The summed E-state index contributed by atoms with van der Waals surface area (Å²) in [6, 6.07) is 9.20. The van der Waals surface area contributed by atoms with Gasteiger partial charge in [0.1, 0.15) is 5.54 Å². The summed E-state index contributed by atoms with van der Waals surface area (Å²) in [4.78, 5) is 2.32. The highest BCUT2D eigenvalue weighted by atomic mass is 15.1. The Morgan fingerprint density at radius 3 is 2.57 bits per heavy atom. The number of rotatable bonds is 5. The van der Waals surface area contributed by atoms with Gasteiger partial charge in [-0.05, 0) is 69.3 Å². The van der Waals surface area contributed by atoms with E-state index in [1.165, 1.54) is 16.8 Å². The Bertz CT molecular complexity index is 512. The van der Waals surface area contributed by atoms with Crippen LogP contribution in [0.2, 0.25) is 0 Å². The summed E-state index contributed by atoms with van der Waals surface area (Å²) >= 11 is 0. The van der Waals surface area contributed by atoms with Gasteiger partial charge < -0.3 is 10.2 Å². The van der Waals surface area contributed by atoms with Crippen molar-refractivity contribution in [2.24, 2.45) is 5.92 Å². The minimum absolute atomic E-state index is 0.302. The van der Waals surface area contributed by atoms with Gasteiger partial charge in [-0.3, -0.25) is 0 Å². The van der Waals surface area contributed by atoms with E-state index in [0.29, 0.717) is 5.92 Å². The van der Waals surface area contributed by atoms with Crippen molar-refractivity contribution in [3.8, 4) is 6.07 Å². The molecule has 1 fully saturated rings. The van der Waals surface area contributed by atoms with Gasteiger partial charge in [-0.1, -0.05) is 12.5 Å². The van der Waals surface area contributed by atoms with E-state index in [0.717, 1.165) is 32.2 Å². The van der Waals surface area contributed by atoms with Gasteiger partial charge >= 0.3 is 0 Å². The van der Waals surface area contributed by atoms with Gasteiger partial charge in [-0.15, -0.1) is 0 Å². The summed E-state index contributed by atoms with van der Waals surface area (Å²) in [5.74, 6) is 0.459. The fourth-order valence-electron chi connectivity index (χ4n) is 3.65. The molecule has 0 radical (unpaired) electrons. The normalized spacial score (nSPS) is 24.8. The van der Waals surface area contributed by atoms with Gasteiger partial charge in [0.25, 0.3) is 0 Å². The first-order valence-electron chi connectivity index (χ1n) is 7.90. The molecule has 1 aliphatic carbocycles. The highest BCUT2D eigenvalue weighted by Gasteiger charge is 2.41.